The Labute approximate surface area is 163 Å². The number of halogens is 1. The number of aliphatic imine (C=N–C) groups is 1. The largest absolute Gasteiger partial charge is 0.330 e. The van der Waals surface area contributed by atoms with Gasteiger partial charge in [0.2, 0.25) is 0 Å². The number of imidazole rings is 1. The van der Waals surface area contributed by atoms with Crippen LogP contribution in [0, 0.1) is 0 Å². The number of benzene rings is 2. The summed E-state index contributed by atoms with van der Waals surface area (Å²) in [5.41, 5.74) is 4.94. The highest BCUT2D eigenvalue weighted by atomic mass is 35.5. The predicted molar refractivity (Wildman–Crippen MR) is 108 cm³/mol. The van der Waals surface area contributed by atoms with Gasteiger partial charge in [0, 0.05) is 23.8 Å². The molecule has 0 fully saturated rings. The van der Waals surface area contributed by atoms with Gasteiger partial charge in [-0.15, -0.1) is 0 Å². The van der Waals surface area contributed by atoms with Crippen LogP contribution in [0.5, 0.6) is 0 Å². The van der Waals surface area contributed by atoms with Crippen molar-refractivity contribution in [2.75, 3.05) is 0 Å². The normalized spacial score (nSPS) is 14.6. The van der Waals surface area contributed by atoms with Gasteiger partial charge < -0.3 is 4.57 Å². The third-order valence-electron chi connectivity index (χ3n) is 4.98. The maximum atomic E-state index is 12.2. The molecule has 1 aromatic heterocycles. The van der Waals surface area contributed by atoms with Crippen molar-refractivity contribution < 1.29 is 4.79 Å². The highest BCUT2D eigenvalue weighted by Crippen LogP contribution is 2.30. The van der Waals surface area contributed by atoms with E-state index in [1.54, 1.807) is 6.20 Å². The summed E-state index contributed by atoms with van der Waals surface area (Å²) in [6.45, 7) is 1.97. The molecule has 2 heterocycles. The Kier molecular flexibility index (Phi) is 4.90. The van der Waals surface area contributed by atoms with E-state index in [0.29, 0.717) is 18.6 Å². The highest BCUT2D eigenvalue weighted by molar-refractivity contribution is 6.41. The van der Waals surface area contributed by atoms with E-state index in [-0.39, 0.29) is 11.8 Å². The summed E-state index contributed by atoms with van der Waals surface area (Å²) in [7, 11) is 0. The van der Waals surface area contributed by atoms with Gasteiger partial charge in [-0.05, 0) is 47.7 Å². The number of Topliss-reactive ketones (excluding diaryl/α,β-unsaturated/α-hetero) is 1. The number of rotatable bonds is 5. The Hall–Kier alpha value is -2.72. The van der Waals surface area contributed by atoms with E-state index in [1.807, 2.05) is 49.8 Å². The zero-order valence-corrected chi connectivity index (χ0v) is 15.9. The lowest BCUT2D eigenvalue weighted by molar-refractivity contribution is -0.112. The van der Waals surface area contributed by atoms with Crippen LogP contribution in [0.1, 0.15) is 36.1 Å². The van der Waals surface area contributed by atoms with Crippen molar-refractivity contribution in [3.63, 3.8) is 0 Å². The Morgan fingerprint density at radius 1 is 1.19 bits per heavy atom. The van der Waals surface area contributed by atoms with Crippen LogP contribution >= 0.6 is 11.6 Å². The van der Waals surface area contributed by atoms with Crippen molar-refractivity contribution in [3.05, 3.63) is 82.9 Å². The predicted octanol–water partition coefficient (Wildman–Crippen LogP) is 4.98. The van der Waals surface area contributed by atoms with Gasteiger partial charge in [0.05, 0.1) is 23.8 Å². The number of hydrogen-bond donors (Lipinski definition) is 0. The van der Waals surface area contributed by atoms with Crippen LogP contribution in [-0.4, -0.2) is 21.0 Å². The summed E-state index contributed by atoms with van der Waals surface area (Å²) < 4.78 is 2.10. The quantitative estimate of drug-likeness (QED) is 0.629. The lowest BCUT2D eigenvalue weighted by Crippen LogP contribution is -2.19. The van der Waals surface area contributed by atoms with E-state index in [2.05, 4.69) is 26.7 Å². The fraction of sp³-hybridized carbons (Fsp3) is 0.227. The molecule has 2 aromatic carbocycles. The number of carbonyl (C=O) groups excluding carboxylic acids is 1. The van der Waals surface area contributed by atoms with E-state index in [1.165, 1.54) is 5.56 Å². The molecule has 0 saturated carbocycles. The zero-order chi connectivity index (χ0) is 18.8. The fourth-order valence-electron chi connectivity index (χ4n) is 3.53. The molecule has 0 amide bonds. The molecule has 1 aliphatic rings. The Bertz CT molecular complexity index is 991. The smallest absolute Gasteiger partial charge is 0.181 e. The first-order valence-corrected chi connectivity index (χ1v) is 9.47. The van der Waals surface area contributed by atoms with E-state index in [9.17, 15) is 4.79 Å². The Morgan fingerprint density at radius 3 is 2.70 bits per heavy atom. The van der Waals surface area contributed by atoms with Crippen molar-refractivity contribution in [3.8, 4) is 0 Å². The van der Waals surface area contributed by atoms with Crippen LogP contribution in [0.3, 0.4) is 0 Å². The summed E-state index contributed by atoms with van der Waals surface area (Å²) in [6.07, 6.45) is 7.50. The Balaban J connectivity index is 1.66. The maximum Gasteiger partial charge on any atom is 0.181 e. The van der Waals surface area contributed by atoms with Gasteiger partial charge in [-0.1, -0.05) is 42.8 Å². The van der Waals surface area contributed by atoms with Gasteiger partial charge in [0.25, 0.3) is 0 Å². The van der Waals surface area contributed by atoms with E-state index in [0.717, 1.165) is 28.3 Å². The SMILES string of the molecule is CCC1=Nc2ccc(CC(c3ccc(Cl)cc3)n3ccnc3)cc2CC1=O. The standard InChI is InChI=1S/C22H20ClN3O/c1-2-19-22(27)13-17-11-15(3-8-20(17)25-19)12-21(26-10-9-24-14-26)16-4-6-18(23)7-5-16/h3-11,14,21H,2,12-13H2,1H3. The first kappa shape index (κ1) is 17.7. The van der Waals surface area contributed by atoms with Crippen molar-refractivity contribution in [2.24, 2.45) is 4.99 Å². The van der Waals surface area contributed by atoms with Crippen molar-refractivity contribution in [1.82, 2.24) is 9.55 Å². The van der Waals surface area contributed by atoms with Crippen LogP contribution in [0.2, 0.25) is 5.02 Å². The molecule has 0 spiro atoms. The van der Waals surface area contributed by atoms with Gasteiger partial charge in [0.1, 0.15) is 0 Å². The lowest BCUT2D eigenvalue weighted by atomic mass is 9.93. The molecule has 1 atom stereocenters. The van der Waals surface area contributed by atoms with E-state index in [4.69, 9.17) is 11.6 Å². The Morgan fingerprint density at radius 2 is 2.00 bits per heavy atom. The van der Waals surface area contributed by atoms with Crippen molar-refractivity contribution in [1.29, 1.82) is 0 Å². The summed E-state index contributed by atoms with van der Waals surface area (Å²) in [6, 6.07) is 14.3. The van der Waals surface area contributed by atoms with Gasteiger partial charge in [-0.2, -0.15) is 0 Å². The molecule has 5 heteroatoms. The van der Waals surface area contributed by atoms with Gasteiger partial charge in [-0.3, -0.25) is 4.79 Å². The molecule has 0 aliphatic carbocycles. The van der Waals surface area contributed by atoms with Gasteiger partial charge in [-0.25, -0.2) is 9.98 Å². The second-order valence-corrected chi connectivity index (χ2v) is 7.19. The molecular formula is C22H20ClN3O. The molecule has 0 radical (unpaired) electrons. The molecule has 1 unspecified atom stereocenters. The molecule has 0 bridgehead atoms. The highest BCUT2D eigenvalue weighted by Gasteiger charge is 2.20. The first-order valence-electron chi connectivity index (χ1n) is 9.09. The number of hydrogen-bond acceptors (Lipinski definition) is 3. The molecule has 4 rings (SSSR count). The minimum absolute atomic E-state index is 0.108. The van der Waals surface area contributed by atoms with E-state index < -0.39 is 0 Å². The third kappa shape index (κ3) is 3.71. The van der Waals surface area contributed by atoms with Crippen LogP contribution < -0.4 is 0 Å². The van der Waals surface area contributed by atoms with Crippen LogP contribution in [-0.2, 0) is 17.6 Å². The van der Waals surface area contributed by atoms with E-state index >= 15 is 0 Å². The minimum atomic E-state index is 0.108. The topological polar surface area (TPSA) is 47.2 Å². The first-order chi connectivity index (χ1) is 13.1. The maximum absolute atomic E-state index is 12.2. The second kappa shape index (κ2) is 7.49. The average Bonchev–Trinajstić information content (AvgIpc) is 3.21. The molecule has 4 nitrogen and oxygen atoms in total. The fourth-order valence-corrected chi connectivity index (χ4v) is 3.66. The lowest BCUT2D eigenvalue weighted by Gasteiger charge is -2.21. The minimum Gasteiger partial charge on any atom is -0.330 e. The van der Waals surface area contributed by atoms with Crippen LogP contribution in [0.4, 0.5) is 5.69 Å². The van der Waals surface area contributed by atoms with Crippen LogP contribution in [0.15, 0.2) is 66.2 Å². The number of carbonyl (C=O) groups is 1. The summed E-state index contributed by atoms with van der Waals surface area (Å²) in [5.74, 6) is 0.131. The number of ketones is 1. The number of nitrogens with zero attached hydrogens (tertiary/aromatic N) is 3. The number of aromatic nitrogens is 2. The molecule has 3 aromatic rings. The van der Waals surface area contributed by atoms with Gasteiger partial charge >= 0.3 is 0 Å². The summed E-state index contributed by atoms with van der Waals surface area (Å²) in [5, 5.41) is 0.722. The number of fused-ring (bicyclic) bond motifs is 1. The molecule has 27 heavy (non-hydrogen) atoms. The molecule has 0 saturated heterocycles. The monoisotopic (exact) mass is 377 g/mol. The molecule has 1 aliphatic heterocycles. The zero-order valence-electron chi connectivity index (χ0n) is 15.1. The van der Waals surface area contributed by atoms with Crippen molar-refractivity contribution in [2.45, 2.75) is 32.2 Å². The van der Waals surface area contributed by atoms with Gasteiger partial charge in [0.15, 0.2) is 5.78 Å². The summed E-state index contributed by atoms with van der Waals surface area (Å²) in [4.78, 5) is 20.9. The summed E-state index contributed by atoms with van der Waals surface area (Å²) >= 11 is 6.05. The third-order valence-corrected chi connectivity index (χ3v) is 5.23. The average molecular weight is 378 g/mol. The van der Waals surface area contributed by atoms with Crippen LogP contribution in [0.25, 0.3) is 0 Å². The second-order valence-electron chi connectivity index (χ2n) is 6.76. The van der Waals surface area contributed by atoms with Crippen molar-refractivity contribution >= 4 is 28.8 Å². The molecular weight excluding hydrogens is 358 g/mol. The molecule has 0 N–H and O–H groups in total. The molecule has 136 valence electrons.